The molecule has 0 N–H and O–H groups in total. The number of fused-ring (bicyclic) bond motifs is 5. The molecular formula is C51H42N2. The molecule has 0 amide bonds. The van der Waals surface area contributed by atoms with Gasteiger partial charge in [0.05, 0.1) is 5.52 Å². The van der Waals surface area contributed by atoms with Gasteiger partial charge in [0.25, 0.3) is 0 Å². The van der Waals surface area contributed by atoms with Crippen LogP contribution >= 0.6 is 0 Å². The van der Waals surface area contributed by atoms with Crippen LogP contribution in [-0.4, -0.2) is 4.57 Å². The molecule has 53 heavy (non-hydrogen) atoms. The maximum absolute atomic E-state index is 2.50. The van der Waals surface area contributed by atoms with Gasteiger partial charge in [0.15, 0.2) is 0 Å². The minimum Gasteiger partial charge on any atom is -0.310 e. The van der Waals surface area contributed by atoms with E-state index in [1.165, 1.54) is 66.2 Å². The molecule has 1 heterocycles. The first-order valence-electron chi connectivity index (χ1n) is 19.0. The lowest BCUT2D eigenvalue weighted by Crippen LogP contribution is -2.31. The first-order valence-corrected chi connectivity index (χ1v) is 19.0. The molecule has 7 aromatic rings. The Morgan fingerprint density at radius 2 is 1.32 bits per heavy atom. The van der Waals surface area contributed by atoms with Crippen LogP contribution in [0.2, 0.25) is 0 Å². The van der Waals surface area contributed by atoms with Crippen molar-refractivity contribution in [1.29, 1.82) is 0 Å². The second-order valence-electron chi connectivity index (χ2n) is 15.2. The number of para-hydroxylation sites is 2. The van der Waals surface area contributed by atoms with E-state index in [-0.39, 0.29) is 5.41 Å². The molecule has 3 aliphatic rings. The summed E-state index contributed by atoms with van der Waals surface area (Å²) >= 11 is 0. The fourth-order valence-corrected chi connectivity index (χ4v) is 9.16. The highest BCUT2D eigenvalue weighted by molar-refractivity contribution is 5.89. The molecular weight excluding hydrogens is 641 g/mol. The Balaban J connectivity index is 1.05. The van der Waals surface area contributed by atoms with Crippen LogP contribution in [0, 0.1) is 0 Å². The molecule has 1 unspecified atom stereocenters. The van der Waals surface area contributed by atoms with Crippen molar-refractivity contribution in [3.8, 4) is 16.8 Å². The molecule has 2 heteroatoms. The molecule has 6 aromatic carbocycles. The van der Waals surface area contributed by atoms with Gasteiger partial charge < -0.3 is 9.47 Å². The third-order valence-electron chi connectivity index (χ3n) is 11.9. The second-order valence-corrected chi connectivity index (χ2v) is 15.2. The fraction of sp³-hybridized carbons (Fsp3) is 0.137. The Morgan fingerprint density at radius 3 is 2.09 bits per heavy atom. The first kappa shape index (κ1) is 31.6. The predicted molar refractivity (Wildman–Crippen MR) is 224 cm³/mol. The lowest BCUT2D eigenvalue weighted by molar-refractivity contribution is 0.607. The van der Waals surface area contributed by atoms with E-state index in [0.717, 1.165) is 30.6 Å². The van der Waals surface area contributed by atoms with Gasteiger partial charge >= 0.3 is 0 Å². The molecule has 0 saturated heterocycles. The van der Waals surface area contributed by atoms with Gasteiger partial charge in [-0.3, -0.25) is 0 Å². The molecule has 0 radical (unpaired) electrons. The summed E-state index contributed by atoms with van der Waals surface area (Å²) in [5.74, 6) is 0.302. The number of nitrogens with zero attached hydrogens (tertiary/aromatic N) is 2. The number of rotatable bonds is 6. The van der Waals surface area contributed by atoms with Crippen molar-refractivity contribution >= 4 is 45.7 Å². The summed E-state index contributed by atoms with van der Waals surface area (Å²) in [5.41, 5.74) is 15.6. The van der Waals surface area contributed by atoms with Gasteiger partial charge in [-0.2, -0.15) is 0 Å². The Labute approximate surface area is 312 Å². The lowest BCUT2D eigenvalue weighted by atomic mass is 9.78. The molecule has 1 aromatic heterocycles. The molecule has 0 bridgehead atoms. The number of anilines is 3. The number of allylic oxidation sites excluding steroid dienone is 4. The quantitative estimate of drug-likeness (QED) is 0.169. The molecule has 2 nitrogen and oxygen atoms in total. The first-order chi connectivity index (χ1) is 26.0. The van der Waals surface area contributed by atoms with Crippen LogP contribution in [0.15, 0.2) is 169 Å². The van der Waals surface area contributed by atoms with Gasteiger partial charge in [0, 0.05) is 50.0 Å². The standard InChI is InChI=1S/C51H42N2/c1-51(2)47-19-11-9-17-43(47)44-31-30-42(34-48(44)51)52(40-26-21-36(22-27-40)35-13-5-3-6-14-35)41-28-23-37(24-29-41)38-25-32-50-46(33-38)45-18-10-12-20-49(45)53(50)39-15-7-4-8-16-39/h3-10,12-18,20-24,26-34,38H,11,19,25H2,1-2H3. The third kappa shape index (κ3) is 5.24. The van der Waals surface area contributed by atoms with E-state index in [0.29, 0.717) is 5.92 Å². The van der Waals surface area contributed by atoms with Gasteiger partial charge in [-0.25, -0.2) is 0 Å². The SMILES string of the molecule is CC1(C)C2=C(C=CCC2)c2ccc(N(c3ccc(-c4ccccc4)cc3)c3ccc(C4C=c5c(n(-c6ccccc6)c6ccccc56)=CC4)cc3)cc21. The van der Waals surface area contributed by atoms with E-state index in [1.54, 1.807) is 5.57 Å². The predicted octanol–water partition coefficient (Wildman–Crippen LogP) is 11.9. The minimum atomic E-state index is 0.00787. The van der Waals surface area contributed by atoms with E-state index in [9.17, 15) is 0 Å². The van der Waals surface area contributed by atoms with Crippen molar-refractivity contribution in [2.75, 3.05) is 4.90 Å². The van der Waals surface area contributed by atoms with E-state index < -0.39 is 0 Å². The summed E-state index contributed by atoms with van der Waals surface area (Å²) < 4.78 is 2.42. The highest BCUT2D eigenvalue weighted by atomic mass is 15.1. The molecule has 0 fully saturated rings. The fourth-order valence-electron chi connectivity index (χ4n) is 9.16. The molecule has 3 aliphatic carbocycles. The van der Waals surface area contributed by atoms with Gasteiger partial charge in [0.2, 0.25) is 0 Å². The molecule has 1 atom stereocenters. The summed E-state index contributed by atoms with van der Waals surface area (Å²) in [6.07, 6.45) is 12.9. The highest BCUT2D eigenvalue weighted by Gasteiger charge is 2.37. The minimum absolute atomic E-state index is 0.00787. The summed E-state index contributed by atoms with van der Waals surface area (Å²) in [4.78, 5) is 2.43. The van der Waals surface area contributed by atoms with Crippen LogP contribution < -0.4 is 15.5 Å². The Kier molecular flexibility index (Phi) is 7.47. The van der Waals surface area contributed by atoms with Crippen LogP contribution in [0.3, 0.4) is 0 Å². The van der Waals surface area contributed by atoms with Gasteiger partial charge in [-0.15, -0.1) is 0 Å². The molecule has 0 aliphatic heterocycles. The van der Waals surface area contributed by atoms with Crippen LogP contribution in [0.4, 0.5) is 17.1 Å². The summed E-state index contributed by atoms with van der Waals surface area (Å²) in [5, 5.41) is 3.93. The maximum Gasteiger partial charge on any atom is 0.0540 e. The van der Waals surface area contributed by atoms with E-state index in [1.807, 2.05) is 0 Å². The zero-order valence-corrected chi connectivity index (χ0v) is 30.3. The second kappa shape index (κ2) is 12.5. The molecule has 10 rings (SSSR count). The van der Waals surface area contributed by atoms with Crippen molar-refractivity contribution in [1.82, 2.24) is 4.57 Å². The zero-order chi connectivity index (χ0) is 35.5. The topological polar surface area (TPSA) is 8.17 Å². The van der Waals surface area contributed by atoms with Crippen molar-refractivity contribution in [2.45, 2.75) is 44.4 Å². The highest BCUT2D eigenvalue weighted by Crippen LogP contribution is 2.51. The van der Waals surface area contributed by atoms with Crippen LogP contribution in [0.25, 0.3) is 45.4 Å². The van der Waals surface area contributed by atoms with Crippen LogP contribution in [-0.2, 0) is 5.41 Å². The van der Waals surface area contributed by atoms with E-state index in [4.69, 9.17) is 0 Å². The number of benzene rings is 6. The normalized spacial score (nSPS) is 16.8. The summed E-state index contributed by atoms with van der Waals surface area (Å²) in [7, 11) is 0. The lowest BCUT2D eigenvalue weighted by Gasteiger charge is -2.29. The van der Waals surface area contributed by atoms with Crippen molar-refractivity contribution in [3.63, 3.8) is 0 Å². The number of aromatic nitrogens is 1. The maximum atomic E-state index is 2.50. The molecule has 0 spiro atoms. The Hall–Kier alpha value is -6.12. The van der Waals surface area contributed by atoms with E-state index in [2.05, 4.69) is 199 Å². The number of hydrogen-bond acceptors (Lipinski definition) is 1. The molecule has 0 saturated carbocycles. The van der Waals surface area contributed by atoms with Crippen molar-refractivity contribution in [3.05, 3.63) is 197 Å². The summed E-state index contributed by atoms with van der Waals surface area (Å²) in [6, 6.07) is 55.7. The summed E-state index contributed by atoms with van der Waals surface area (Å²) in [6.45, 7) is 4.82. The van der Waals surface area contributed by atoms with Gasteiger partial charge in [-0.05, 0) is 107 Å². The number of hydrogen-bond donors (Lipinski definition) is 0. The smallest absolute Gasteiger partial charge is 0.0540 e. The average Bonchev–Trinajstić information content (AvgIpc) is 3.67. The Bertz CT molecular complexity index is 2690. The van der Waals surface area contributed by atoms with Crippen molar-refractivity contribution in [2.24, 2.45) is 0 Å². The molecule has 256 valence electrons. The third-order valence-corrected chi connectivity index (χ3v) is 11.9. The van der Waals surface area contributed by atoms with Crippen LogP contribution in [0.1, 0.15) is 55.7 Å². The van der Waals surface area contributed by atoms with Gasteiger partial charge in [0.1, 0.15) is 0 Å². The monoisotopic (exact) mass is 682 g/mol. The Morgan fingerprint density at radius 1 is 0.660 bits per heavy atom. The van der Waals surface area contributed by atoms with Crippen LogP contribution in [0.5, 0.6) is 0 Å². The van der Waals surface area contributed by atoms with E-state index >= 15 is 0 Å². The van der Waals surface area contributed by atoms with Gasteiger partial charge in [-0.1, -0.05) is 141 Å². The van der Waals surface area contributed by atoms with Crippen molar-refractivity contribution < 1.29 is 0 Å². The largest absolute Gasteiger partial charge is 0.310 e. The zero-order valence-electron chi connectivity index (χ0n) is 30.3. The average molecular weight is 683 g/mol.